The molecule has 0 saturated carbocycles. The summed E-state index contributed by atoms with van der Waals surface area (Å²) >= 11 is 1.20. The molecular formula is C44H18F12OS. The van der Waals surface area contributed by atoms with Crippen molar-refractivity contribution < 1.29 is 57.1 Å². The van der Waals surface area contributed by atoms with Crippen molar-refractivity contribution >= 4 is 54.3 Å². The third kappa shape index (κ3) is 5.48. The van der Waals surface area contributed by atoms with Crippen molar-refractivity contribution in [2.75, 3.05) is 0 Å². The van der Waals surface area contributed by atoms with Gasteiger partial charge in [0.2, 0.25) is 0 Å². The molecule has 0 fully saturated rings. The molecule has 0 radical (unpaired) electrons. The average molecular weight is 823 g/mol. The van der Waals surface area contributed by atoms with Crippen LogP contribution in [0, 0.1) is 0 Å². The van der Waals surface area contributed by atoms with Crippen LogP contribution in [0.3, 0.4) is 0 Å². The highest BCUT2D eigenvalue weighted by molar-refractivity contribution is 7.21. The third-order valence-corrected chi connectivity index (χ3v) is 11.8. The first kappa shape index (κ1) is 36.3. The van der Waals surface area contributed by atoms with Crippen molar-refractivity contribution in [2.24, 2.45) is 0 Å². The summed E-state index contributed by atoms with van der Waals surface area (Å²) < 4.78 is 176. The molecule has 8 aromatic rings. The smallest absolute Gasteiger partial charge is 0.416 e. The lowest BCUT2D eigenvalue weighted by molar-refractivity contribution is -0.144. The number of hydrogen-bond acceptors (Lipinski definition) is 2. The highest BCUT2D eigenvalue weighted by Crippen LogP contribution is 2.50. The van der Waals surface area contributed by atoms with Crippen molar-refractivity contribution in [1.29, 1.82) is 0 Å². The molecule has 0 bridgehead atoms. The number of hydrogen-bond donors (Lipinski definition) is 0. The second-order valence-electron chi connectivity index (χ2n) is 14.1. The molecule has 0 aliphatic heterocycles. The normalized spacial score (nSPS) is 14.1. The van der Waals surface area contributed by atoms with Crippen LogP contribution in [0.5, 0.6) is 0 Å². The van der Waals surface area contributed by atoms with Gasteiger partial charge in [0.15, 0.2) is 0 Å². The van der Waals surface area contributed by atoms with Crippen molar-refractivity contribution in [3.8, 4) is 22.3 Å². The summed E-state index contributed by atoms with van der Waals surface area (Å²) in [6.45, 7) is 0. The van der Waals surface area contributed by atoms with E-state index in [1.165, 1.54) is 11.3 Å². The van der Waals surface area contributed by atoms with Crippen LogP contribution in [0.25, 0.3) is 65.2 Å². The topological polar surface area (TPSA) is 13.1 Å². The molecular weight excluding hydrogens is 805 g/mol. The number of fused-ring (bicyclic) bond motifs is 11. The molecule has 2 aliphatic carbocycles. The fourth-order valence-electron chi connectivity index (χ4n) is 8.17. The summed E-state index contributed by atoms with van der Waals surface area (Å²) in [7, 11) is 0. The number of furan rings is 1. The van der Waals surface area contributed by atoms with Gasteiger partial charge in [0.05, 0.1) is 22.3 Å². The van der Waals surface area contributed by atoms with Crippen LogP contribution in [0.4, 0.5) is 52.7 Å². The van der Waals surface area contributed by atoms with Gasteiger partial charge in [-0.25, -0.2) is 0 Å². The number of benzene rings is 6. The minimum absolute atomic E-state index is 0.0160. The van der Waals surface area contributed by atoms with E-state index >= 15 is 0 Å². The standard InChI is InChI=1S/C44H18F12OS/c45-41(46,47)23-9-21(10-24(17-23)42(48,49)50)35-29-13-19-16-32-30(14-20(19)15-31(29)37-27-5-1-3-7-33(27)57-39(35)37)36(40-38(32)28-6-2-4-8-34(28)58-40)22-11-25(43(51,52)53)18-26(12-22)44(54,55)56/h1-18H. The largest absolute Gasteiger partial charge is 0.455 e. The highest BCUT2D eigenvalue weighted by Gasteiger charge is 2.40. The number of halogens is 12. The zero-order valence-corrected chi connectivity index (χ0v) is 29.6. The first-order chi connectivity index (χ1) is 27.3. The molecule has 58 heavy (non-hydrogen) atoms. The second-order valence-corrected chi connectivity index (χ2v) is 15.1. The van der Waals surface area contributed by atoms with E-state index in [1.807, 2.05) is 0 Å². The van der Waals surface area contributed by atoms with Gasteiger partial charge in [-0.05, 0) is 116 Å². The van der Waals surface area contributed by atoms with Gasteiger partial charge in [-0.3, -0.25) is 0 Å². The maximum atomic E-state index is 14.1. The SMILES string of the molecule is FC(F)(F)c1cc(C2=c3cc4cc5c(cc4cc3-c3c2oc2ccccc32)=C(c2cc(C(F)(F)F)cc(C(F)(F)F)c2)c2sc3ccccc3c2-5)cc(C(F)(F)F)c1. The molecule has 2 aliphatic rings. The Kier molecular flexibility index (Phi) is 7.38. The van der Waals surface area contributed by atoms with E-state index in [0.717, 1.165) is 0 Å². The molecule has 10 rings (SSSR count). The summed E-state index contributed by atoms with van der Waals surface area (Å²) in [6.07, 6.45) is -20.5. The Bertz CT molecular complexity index is 2950. The maximum absolute atomic E-state index is 14.1. The van der Waals surface area contributed by atoms with Crippen molar-refractivity contribution in [3.63, 3.8) is 0 Å². The van der Waals surface area contributed by atoms with Crippen molar-refractivity contribution in [2.45, 2.75) is 24.7 Å². The van der Waals surface area contributed by atoms with Crippen LogP contribution < -0.4 is 10.4 Å². The summed E-state index contributed by atoms with van der Waals surface area (Å²) in [4.78, 5) is 0.436. The summed E-state index contributed by atoms with van der Waals surface area (Å²) in [5.74, 6) is 0.0357. The van der Waals surface area contributed by atoms with Crippen molar-refractivity contribution in [1.82, 2.24) is 0 Å². The van der Waals surface area contributed by atoms with Crippen LogP contribution in [0.1, 0.15) is 44.0 Å². The molecule has 6 aromatic carbocycles. The lowest BCUT2D eigenvalue weighted by Crippen LogP contribution is -2.14. The van der Waals surface area contributed by atoms with Crippen LogP contribution in [0.2, 0.25) is 0 Å². The van der Waals surface area contributed by atoms with E-state index in [0.29, 0.717) is 88.4 Å². The first-order valence-electron chi connectivity index (χ1n) is 17.3. The molecule has 2 aromatic heterocycles. The van der Waals surface area contributed by atoms with Gasteiger partial charge in [-0.15, -0.1) is 11.3 Å². The number of thiophene rings is 1. The third-order valence-electron chi connectivity index (χ3n) is 10.6. The predicted molar refractivity (Wildman–Crippen MR) is 195 cm³/mol. The predicted octanol–water partition coefficient (Wildman–Crippen LogP) is 13.3. The molecule has 0 saturated heterocycles. The molecule has 2 heterocycles. The Balaban J connectivity index is 1.33. The van der Waals surface area contributed by atoms with E-state index in [-0.39, 0.29) is 39.8 Å². The summed E-state index contributed by atoms with van der Waals surface area (Å²) in [5.41, 5.74) is -4.42. The fraction of sp³-hybridized carbons (Fsp3) is 0.0909. The minimum Gasteiger partial charge on any atom is -0.455 e. The fourth-order valence-corrected chi connectivity index (χ4v) is 9.47. The van der Waals surface area contributed by atoms with Gasteiger partial charge in [-0.2, -0.15) is 52.7 Å². The van der Waals surface area contributed by atoms with Gasteiger partial charge in [-0.1, -0.05) is 36.4 Å². The maximum Gasteiger partial charge on any atom is 0.416 e. The zero-order valence-electron chi connectivity index (χ0n) is 28.7. The van der Waals surface area contributed by atoms with E-state index in [9.17, 15) is 52.7 Å². The van der Waals surface area contributed by atoms with E-state index in [2.05, 4.69) is 0 Å². The Hall–Kier alpha value is -6.02. The number of rotatable bonds is 2. The molecule has 0 N–H and O–H groups in total. The average Bonchev–Trinajstić information content (AvgIpc) is 3.87. The molecule has 1 nitrogen and oxygen atoms in total. The molecule has 0 amide bonds. The number of alkyl halides is 12. The lowest BCUT2D eigenvalue weighted by atomic mass is 9.95. The second kappa shape index (κ2) is 11.8. The van der Waals surface area contributed by atoms with Crippen molar-refractivity contribution in [3.05, 3.63) is 164 Å². The quantitative estimate of drug-likeness (QED) is 0.158. The Morgan fingerprint density at radius 3 is 1.41 bits per heavy atom. The highest BCUT2D eigenvalue weighted by atomic mass is 32.1. The van der Waals surface area contributed by atoms with Crippen LogP contribution in [-0.2, 0) is 24.7 Å². The summed E-state index contributed by atoms with van der Waals surface area (Å²) in [5, 5.41) is 2.72. The van der Waals surface area contributed by atoms with E-state index < -0.39 is 52.5 Å². The monoisotopic (exact) mass is 822 g/mol. The van der Waals surface area contributed by atoms with Gasteiger partial charge in [0.1, 0.15) is 11.3 Å². The first-order valence-corrected chi connectivity index (χ1v) is 18.1. The molecule has 0 atom stereocenters. The molecule has 0 spiro atoms. The van der Waals surface area contributed by atoms with E-state index in [1.54, 1.807) is 72.8 Å². The molecule has 0 unspecified atom stereocenters. The Morgan fingerprint density at radius 1 is 0.431 bits per heavy atom. The minimum atomic E-state index is -5.13. The van der Waals surface area contributed by atoms with Crippen LogP contribution in [-0.4, -0.2) is 0 Å². The molecule has 14 heteroatoms. The Morgan fingerprint density at radius 2 is 0.879 bits per heavy atom. The van der Waals surface area contributed by atoms with Gasteiger partial charge < -0.3 is 4.42 Å². The van der Waals surface area contributed by atoms with Gasteiger partial charge in [0.25, 0.3) is 0 Å². The summed E-state index contributed by atoms with van der Waals surface area (Å²) in [6, 6.07) is 23.0. The van der Waals surface area contributed by atoms with Crippen LogP contribution >= 0.6 is 11.3 Å². The van der Waals surface area contributed by atoms with E-state index in [4.69, 9.17) is 4.42 Å². The van der Waals surface area contributed by atoms with Gasteiger partial charge >= 0.3 is 24.7 Å². The lowest BCUT2D eigenvalue weighted by Gasteiger charge is -2.15. The number of para-hydroxylation sites is 1. The zero-order chi connectivity index (χ0) is 40.8. The van der Waals surface area contributed by atoms with Gasteiger partial charge in [0, 0.05) is 42.6 Å². The Labute approximate surface area is 321 Å². The van der Waals surface area contributed by atoms with Crippen LogP contribution in [0.15, 0.2) is 114 Å². The molecule has 290 valence electrons.